The van der Waals surface area contributed by atoms with Gasteiger partial charge >= 0.3 is 11.9 Å². The fourth-order valence-corrected chi connectivity index (χ4v) is 7.45. The van der Waals surface area contributed by atoms with Crippen LogP contribution in [0.1, 0.15) is 70.6 Å². The van der Waals surface area contributed by atoms with Crippen molar-refractivity contribution in [3.8, 4) is 0 Å². The molecule has 138 valence electrons. The summed E-state index contributed by atoms with van der Waals surface area (Å²) in [5.41, 5.74) is 0.924. The first-order valence-corrected chi connectivity index (χ1v) is 10.6. The summed E-state index contributed by atoms with van der Waals surface area (Å²) >= 11 is 0. The molecular formula is C22H26O4. The van der Waals surface area contributed by atoms with Gasteiger partial charge < -0.3 is 9.47 Å². The molecule has 4 nitrogen and oxygen atoms in total. The third kappa shape index (κ3) is 2.02. The Labute approximate surface area is 154 Å². The van der Waals surface area contributed by atoms with Crippen molar-refractivity contribution in [3.63, 3.8) is 0 Å². The maximum Gasteiger partial charge on any atom is 0.347 e. The Morgan fingerprint density at radius 3 is 1.92 bits per heavy atom. The normalized spacial score (nSPS) is 41.8. The Kier molecular flexibility index (Phi) is 3.12. The van der Waals surface area contributed by atoms with Crippen molar-refractivity contribution >= 4 is 11.9 Å². The predicted molar refractivity (Wildman–Crippen MR) is 93.4 cm³/mol. The maximum absolute atomic E-state index is 12.8. The van der Waals surface area contributed by atoms with Gasteiger partial charge in [-0.1, -0.05) is 19.3 Å². The average molecular weight is 354 g/mol. The zero-order valence-electron chi connectivity index (χ0n) is 15.2. The van der Waals surface area contributed by atoms with Crippen molar-refractivity contribution in [2.45, 2.75) is 70.6 Å². The van der Waals surface area contributed by atoms with Gasteiger partial charge in [0.2, 0.25) is 0 Å². The molecule has 0 aromatic carbocycles. The van der Waals surface area contributed by atoms with Gasteiger partial charge in [0, 0.05) is 11.3 Å². The second-order valence-corrected chi connectivity index (χ2v) is 9.76. The highest BCUT2D eigenvalue weighted by molar-refractivity contribution is 6.14. The van der Waals surface area contributed by atoms with E-state index in [1.807, 2.05) is 0 Å². The number of hydrogen-bond acceptors (Lipinski definition) is 4. The van der Waals surface area contributed by atoms with Crippen LogP contribution in [0.4, 0.5) is 0 Å². The standard InChI is InChI=1S/C22H26O4/c23-20-16-17(21(24)25-18(16)15-4-2-1-3-5-15)19(26-20)22-9-12-6-13(10-22)8-14(7-12)11-22/h12-15H,1-11H2. The molecule has 2 aliphatic heterocycles. The molecular weight excluding hydrogens is 328 g/mol. The zero-order chi connectivity index (χ0) is 17.5. The Bertz CT molecular complexity index is 730. The van der Waals surface area contributed by atoms with Gasteiger partial charge in [-0.3, -0.25) is 0 Å². The number of rotatable bonds is 2. The van der Waals surface area contributed by atoms with Crippen LogP contribution >= 0.6 is 0 Å². The quantitative estimate of drug-likeness (QED) is 0.690. The molecule has 0 N–H and O–H groups in total. The van der Waals surface area contributed by atoms with Crippen molar-refractivity contribution in [1.29, 1.82) is 0 Å². The fourth-order valence-electron chi connectivity index (χ4n) is 7.45. The van der Waals surface area contributed by atoms with Gasteiger partial charge in [-0.15, -0.1) is 0 Å². The van der Waals surface area contributed by atoms with Crippen LogP contribution in [0, 0.1) is 29.1 Å². The average Bonchev–Trinajstić information content (AvgIpc) is 3.14. The molecule has 0 spiro atoms. The van der Waals surface area contributed by atoms with Crippen LogP contribution in [0.3, 0.4) is 0 Å². The molecule has 0 radical (unpaired) electrons. The fraction of sp³-hybridized carbons (Fsp3) is 0.727. The number of allylic oxidation sites excluding steroid dienone is 2. The molecule has 4 heteroatoms. The topological polar surface area (TPSA) is 52.6 Å². The van der Waals surface area contributed by atoms with E-state index < -0.39 is 0 Å². The van der Waals surface area contributed by atoms with Gasteiger partial charge in [0.05, 0.1) is 0 Å². The minimum absolute atomic E-state index is 0.0808. The van der Waals surface area contributed by atoms with E-state index in [2.05, 4.69) is 0 Å². The summed E-state index contributed by atoms with van der Waals surface area (Å²) in [4.78, 5) is 25.6. The van der Waals surface area contributed by atoms with Gasteiger partial charge in [0.1, 0.15) is 22.7 Å². The lowest BCUT2D eigenvalue weighted by Crippen LogP contribution is -2.47. The maximum atomic E-state index is 12.8. The van der Waals surface area contributed by atoms with Crippen LogP contribution in [-0.2, 0) is 19.1 Å². The van der Waals surface area contributed by atoms with Crippen molar-refractivity contribution in [3.05, 3.63) is 22.7 Å². The first-order chi connectivity index (χ1) is 12.6. The van der Waals surface area contributed by atoms with E-state index >= 15 is 0 Å². The molecule has 26 heavy (non-hydrogen) atoms. The lowest BCUT2D eigenvalue weighted by atomic mass is 9.49. The second kappa shape index (κ2) is 5.24. The molecule has 7 aliphatic rings. The highest BCUT2D eigenvalue weighted by Crippen LogP contribution is 2.64. The summed E-state index contributed by atoms with van der Waals surface area (Å²) in [7, 11) is 0. The number of fused-ring (bicyclic) bond motifs is 1. The van der Waals surface area contributed by atoms with Gasteiger partial charge in [-0.05, 0) is 69.1 Å². The number of cyclic esters (lactones) is 2. The van der Waals surface area contributed by atoms with Crippen LogP contribution in [0.15, 0.2) is 22.7 Å². The third-order valence-electron chi connectivity index (χ3n) is 8.02. The number of esters is 2. The molecule has 5 aliphatic carbocycles. The SMILES string of the molecule is O=C1OC(C23CC4CC(CC(C4)C2)C3)=C2C(=O)OC(C3CCCCC3)=C12. The summed E-state index contributed by atoms with van der Waals surface area (Å²) in [6, 6.07) is 0. The molecule has 2 heterocycles. The molecule has 0 aromatic heterocycles. The van der Waals surface area contributed by atoms with Crippen molar-refractivity contribution in [2.24, 2.45) is 29.1 Å². The number of hydrogen-bond donors (Lipinski definition) is 0. The van der Waals surface area contributed by atoms with Gasteiger partial charge in [-0.25, -0.2) is 9.59 Å². The predicted octanol–water partition coefficient (Wildman–Crippen LogP) is 4.40. The molecule has 0 unspecified atom stereocenters. The van der Waals surface area contributed by atoms with Gasteiger partial charge in [0.25, 0.3) is 0 Å². The minimum atomic E-state index is -0.322. The van der Waals surface area contributed by atoms with E-state index in [4.69, 9.17) is 9.47 Å². The highest BCUT2D eigenvalue weighted by atomic mass is 16.6. The highest BCUT2D eigenvalue weighted by Gasteiger charge is 2.58. The number of carbonyl (C=O) groups excluding carboxylic acids is 2. The van der Waals surface area contributed by atoms with Crippen molar-refractivity contribution in [2.75, 3.05) is 0 Å². The minimum Gasteiger partial charge on any atom is -0.426 e. The van der Waals surface area contributed by atoms with E-state index in [0.717, 1.165) is 62.7 Å². The molecule has 5 saturated carbocycles. The largest absolute Gasteiger partial charge is 0.426 e. The van der Waals surface area contributed by atoms with Crippen molar-refractivity contribution in [1.82, 2.24) is 0 Å². The van der Waals surface area contributed by atoms with E-state index in [0.29, 0.717) is 22.7 Å². The first-order valence-electron chi connectivity index (χ1n) is 10.6. The smallest absolute Gasteiger partial charge is 0.347 e. The van der Waals surface area contributed by atoms with Gasteiger partial charge in [0.15, 0.2) is 0 Å². The summed E-state index contributed by atoms with van der Waals surface area (Å²) in [5.74, 6) is 3.14. The van der Waals surface area contributed by atoms with Crippen LogP contribution in [-0.4, -0.2) is 11.9 Å². The molecule has 0 amide bonds. The van der Waals surface area contributed by atoms with E-state index in [1.165, 1.54) is 25.7 Å². The Morgan fingerprint density at radius 1 is 0.731 bits per heavy atom. The number of carbonyl (C=O) groups is 2. The van der Waals surface area contributed by atoms with Crippen LogP contribution in [0.25, 0.3) is 0 Å². The molecule has 0 saturated heterocycles. The Morgan fingerprint density at radius 2 is 1.31 bits per heavy atom. The second-order valence-electron chi connectivity index (χ2n) is 9.76. The summed E-state index contributed by atoms with van der Waals surface area (Å²) in [6.07, 6.45) is 12.8. The van der Waals surface area contributed by atoms with Crippen LogP contribution < -0.4 is 0 Å². The zero-order valence-corrected chi connectivity index (χ0v) is 15.2. The lowest BCUT2D eigenvalue weighted by molar-refractivity contribution is -0.139. The van der Waals surface area contributed by atoms with E-state index in [9.17, 15) is 9.59 Å². The third-order valence-corrected chi connectivity index (χ3v) is 8.02. The Balaban J connectivity index is 1.44. The Hall–Kier alpha value is -1.58. The van der Waals surface area contributed by atoms with Crippen molar-refractivity contribution < 1.29 is 19.1 Å². The molecule has 7 rings (SSSR count). The van der Waals surface area contributed by atoms with Gasteiger partial charge in [-0.2, -0.15) is 0 Å². The molecule has 0 aromatic rings. The lowest BCUT2D eigenvalue weighted by Gasteiger charge is -2.56. The molecule has 0 atom stereocenters. The number of ether oxygens (including phenoxy) is 2. The van der Waals surface area contributed by atoms with Crippen LogP contribution in [0.5, 0.6) is 0 Å². The summed E-state index contributed by atoms with van der Waals surface area (Å²) < 4.78 is 11.6. The first kappa shape index (κ1) is 15.5. The van der Waals surface area contributed by atoms with E-state index in [1.54, 1.807) is 0 Å². The monoisotopic (exact) mass is 354 g/mol. The molecule has 5 fully saturated rings. The summed E-state index contributed by atoms with van der Waals surface area (Å²) in [6.45, 7) is 0. The summed E-state index contributed by atoms with van der Waals surface area (Å²) in [5, 5.41) is 0. The molecule has 4 bridgehead atoms. The van der Waals surface area contributed by atoms with Crippen LogP contribution in [0.2, 0.25) is 0 Å². The van der Waals surface area contributed by atoms with E-state index in [-0.39, 0.29) is 23.3 Å².